The van der Waals surface area contributed by atoms with Crippen molar-refractivity contribution in [3.05, 3.63) is 60.9 Å². The van der Waals surface area contributed by atoms with E-state index >= 15 is 0 Å². The van der Waals surface area contributed by atoms with Gasteiger partial charge in [-0.05, 0) is 36.7 Å². The summed E-state index contributed by atoms with van der Waals surface area (Å²) >= 11 is 5.92. The highest BCUT2D eigenvalue weighted by atomic mass is 32.2. The highest BCUT2D eigenvalue weighted by Gasteiger charge is 2.20. The first-order chi connectivity index (χ1) is 14.6. The minimum absolute atomic E-state index is 0.0250. The van der Waals surface area contributed by atoms with Gasteiger partial charge in [0.05, 0.1) is 16.2 Å². The van der Waals surface area contributed by atoms with Gasteiger partial charge < -0.3 is 4.98 Å². The molecule has 0 saturated heterocycles. The molecular weight excluding hydrogens is 457 g/mol. The van der Waals surface area contributed by atoms with Crippen LogP contribution in [-0.4, -0.2) is 19.5 Å². The molecule has 30 heavy (non-hydrogen) atoms. The molecule has 0 bridgehead atoms. The van der Waals surface area contributed by atoms with Crippen LogP contribution in [0, 0.1) is 0 Å². The van der Waals surface area contributed by atoms with Crippen molar-refractivity contribution in [2.24, 2.45) is 0 Å². The van der Waals surface area contributed by atoms with Crippen LogP contribution in [0.4, 0.5) is 0 Å². The molecule has 0 amide bonds. The Hall–Kier alpha value is -2.27. The Morgan fingerprint density at radius 1 is 1.17 bits per heavy atom. The van der Waals surface area contributed by atoms with E-state index in [1.165, 1.54) is 34.4 Å². The van der Waals surface area contributed by atoms with E-state index in [1.807, 2.05) is 48.2 Å². The average molecular weight is 473 g/mol. The summed E-state index contributed by atoms with van der Waals surface area (Å²) in [4.78, 5) is 39.8. The lowest BCUT2D eigenvalue weighted by Crippen LogP contribution is -2.22. The fourth-order valence-electron chi connectivity index (χ4n) is 3.28. The van der Waals surface area contributed by atoms with Crippen LogP contribution in [-0.2, 0) is 6.54 Å². The Morgan fingerprint density at radius 2 is 2.03 bits per heavy atom. The van der Waals surface area contributed by atoms with Gasteiger partial charge in [-0.15, -0.1) is 34.0 Å². The monoisotopic (exact) mass is 472 g/mol. The number of hydrogen-bond donors (Lipinski definition) is 1. The van der Waals surface area contributed by atoms with Crippen LogP contribution in [0.3, 0.4) is 0 Å². The third-order valence-electron chi connectivity index (χ3n) is 4.76. The second kappa shape index (κ2) is 7.77. The van der Waals surface area contributed by atoms with Crippen LogP contribution < -0.4 is 11.1 Å². The first-order valence-corrected chi connectivity index (χ1v) is 12.8. The summed E-state index contributed by atoms with van der Waals surface area (Å²) in [6, 6.07) is 5.84. The molecular formula is C20H16N4O2S4. The van der Waals surface area contributed by atoms with Crippen molar-refractivity contribution in [2.75, 3.05) is 0 Å². The van der Waals surface area contributed by atoms with Crippen LogP contribution in [0.15, 0.2) is 49.1 Å². The third-order valence-corrected chi connectivity index (χ3v) is 8.53. The topological polar surface area (TPSA) is 80.6 Å². The number of aromatic amines is 1. The van der Waals surface area contributed by atoms with Gasteiger partial charge >= 0.3 is 0 Å². The zero-order chi connectivity index (χ0) is 20.8. The largest absolute Gasteiger partial charge is 0.309 e. The smallest absolute Gasteiger partial charge is 0.272 e. The van der Waals surface area contributed by atoms with Crippen LogP contribution in [0.25, 0.3) is 30.9 Å². The highest BCUT2D eigenvalue weighted by molar-refractivity contribution is 7.99. The van der Waals surface area contributed by atoms with Gasteiger partial charge in [-0.1, -0.05) is 17.8 Å². The molecule has 0 aromatic carbocycles. The Balaban J connectivity index is 1.54. The maximum Gasteiger partial charge on any atom is 0.272 e. The Bertz CT molecular complexity index is 1480. The van der Waals surface area contributed by atoms with E-state index < -0.39 is 0 Å². The molecule has 5 aromatic heterocycles. The molecule has 1 unspecified atom stereocenters. The van der Waals surface area contributed by atoms with Gasteiger partial charge in [-0.3, -0.25) is 14.2 Å². The number of thioether (sulfide) groups is 1. The minimum atomic E-state index is -0.171. The van der Waals surface area contributed by atoms with Crippen LogP contribution in [0.5, 0.6) is 0 Å². The Kier molecular flexibility index (Phi) is 5.10. The molecule has 0 aliphatic rings. The van der Waals surface area contributed by atoms with Crippen molar-refractivity contribution in [1.29, 1.82) is 0 Å². The predicted octanol–water partition coefficient (Wildman–Crippen LogP) is 5.36. The molecule has 5 aromatic rings. The van der Waals surface area contributed by atoms with E-state index in [0.29, 0.717) is 33.1 Å². The van der Waals surface area contributed by atoms with Gasteiger partial charge in [0.1, 0.15) is 15.4 Å². The maximum absolute atomic E-state index is 12.9. The Labute approximate surface area is 187 Å². The second-order valence-electron chi connectivity index (χ2n) is 6.60. The quantitative estimate of drug-likeness (QED) is 0.275. The van der Waals surface area contributed by atoms with Gasteiger partial charge in [-0.25, -0.2) is 9.97 Å². The second-order valence-corrected chi connectivity index (χ2v) is 10.6. The molecule has 0 fully saturated rings. The van der Waals surface area contributed by atoms with E-state index in [1.54, 1.807) is 15.9 Å². The predicted molar refractivity (Wildman–Crippen MR) is 127 cm³/mol. The third kappa shape index (κ3) is 3.24. The van der Waals surface area contributed by atoms with Crippen molar-refractivity contribution >= 4 is 66.2 Å². The van der Waals surface area contributed by atoms with E-state index in [2.05, 4.69) is 9.97 Å². The summed E-state index contributed by atoms with van der Waals surface area (Å²) in [5.41, 5.74) is 1.47. The zero-order valence-corrected chi connectivity index (χ0v) is 19.3. The fraction of sp³-hybridized carbons (Fsp3) is 0.200. The van der Waals surface area contributed by atoms with Gasteiger partial charge in [0.15, 0.2) is 5.16 Å². The summed E-state index contributed by atoms with van der Waals surface area (Å²) in [6.45, 7) is 4.43. The molecule has 5 heterocycles. The lowest BCUT2D eigenvalue weighted by Gasteiger charge is -2.14. The molecule has 1 atom stereocenters. The van der Waals surface area contributed by atoms with Crippen molar-refractivity contribution in [2.45, 2.75) is 30.8 Å². The lowest BCUT2D eigenvalue weighted by atomic mass is 10.2. The van der Waals surface area contributed by atoms with E-state index in [4.69, 9.17) is 4.98 Å². The van der Waals surface area contributed by atoms with Gasteiger partial charge in [-0.2, -0.15) is 0 Å². The molecule has 0 aliphatic carbocycles. The summed E-state index contributed by atoms with van der Waals surface area (Å²) in [7, 11) is 0. The molecule has 0 saturated carbocycles. The normalized spacial score (nSPS) is 12.7. The van der Waals surface area contributed by atoms with E-state index in [0.717, 1.165) is 15.3 Å². The van der Waals surface area contributed by atoms with Gasteiger partial charge in [0.2, 0.25) is 0 Å². The van der Waals surface area contributed by atoms with Gasteiger partial charge in [0.25, 0.3) is 11.1 Å². The summed E-state index contributed by atoms with van der Waals surface area (Å²) in [5.74, 6) is 0.583. The fourth-order valence-corrected chi connectivity index (χ4v) is 6.86. The summed E-state index contributed by atoms with van der Waals surface area (Å²) in [6.07, 6.45) is 0. The first-order valence-electron chi connectivity index (χ1n) is 9.26. The van der Waals surface area contributed by atoms with Crippen LogP contribution in [0.2, 0.25) is 0 Å². The number of rotatable bonds is 5. The molecule has 5 rings (SSSR count). The molecule has 1 N–H and O–H groups in total. The number of fused-ring (bicyclic) bond motifs is 2. The standard InChI is InChI=1S/C20H16N4O2S4/c1-3-24-19(26)15-12(6-8-28-15)21-20(24)30-10(2)16-22-17(25)14-11(9-29-18(14)23-16)13-5-4-7-27-13/h4-10H,3H2,1-2H3,(H,22,23,25). The zero-order valence-electron chi connectivity index (χ0n) is 16.0. The van der Waals surface area contributed by atoms with Crippen molar-refractivity contribution in [3.63, 3.8) is 0 Å². The van der Waals surface area contributed by atoms with Crippen LogP contribution >= 0.6 is 45.8 Å². The lowest BCUT2D eigenvalue weighted by molar-refractivity contribution is 0.634. The number of H-pyrrole nitrogens is 1. The summed E-state index contributed by atoms with van der Waals surface area (Å²) < 4.78 is 2.35. The van der Waals surface area contributed by atoms with Crippen molar-refractivity contribution < 1.29 is 0 Å². The molecule has 0 spiro atoms. The SMILES string of the molecule is CCn1c(SC(C)c2nc3scc(-c4cccs4)c3c(=O)[nH]2)nc2ccsc2c1=O. The molecule has 6 nitrogen and oxygen atoms in total. The number of thiophene rings is 3. The number of nitrogens with one attached hydrogen (secondary N) is 1. The van der Waals surface area contributed by atoms with Crippen molar-refractivity contribution in [1.82, 2.24) is 19.5 Å². The van der Waals surface area contributed by atoms with E-state index in [-0.39, 0.29) is 16.4 Å². The number of nitrogens with zero attached hydrogens (tertiary/aromatic N) is 3. The Morgan fingerprint density at radius 3 is 2.80 bits per heavy atom. The van der Waals surface area contributed by atoms with Gasteiger partial charge in [0, 0.05) is 22.4 Å². The average Bonchev–Trinajstić information content (AvgIpc) is 3.48. The number of hydrogen-bond acceptors (Lipinski definition) is 8. The molecule has 152 valence electrons. The summed E-state index contributed by atoms with van der Waals surface area (Å²) in [5, 5.41) is 6.96. The molecule has 10 heteroatoms. The molecule has 0 radical (unpaired) electrons. The van der Waals surface area contributed by atoms with E-state index in [9.17, 15) is 9.59 Å². The highest BCUT2D eigenvalue weighted by Crippen LogP contribution is 2.36. The number of aromatic nitrogens is 4. The minimum Gasteiger partial charge on any atom is -0.309 e. The molecule has 0 aliphatic heterocycles. The van der Waals surface area contributed by atoms with Crippen molar-refractivity contribution in [3.8, 4) is 10.4 Å². The first kappa shape index (κ1) is 19.7. The maximum atomic E-state index is 12.9. The van der Waals surface area contributed by atoms with Crippen LogP contribution in [0.1, 0.15) is 24.9 Å².